The minimum Gasteiger partial charge on any atom is -0.383 e. The van der Waals surface area contributed by atoms with Gasteiger partial charge in [0.2, 0.25) is 0 Å². The zero-order valence-electron chi connectivity index (χ0n) is 11.2. The zero-order valence-corrected chi connectivity index (χ0v) is 11.2. The lowest BCUT2D eigenvalue weighted by Gasteiger charge is -2.13. The van der Waals surface area contributed by atoms with E-state index >= 15 is 0 Å². The smallest absolute Gasteiger partial charge is 0.315 e. The highest BCUT2D eigenvalue weighted by molar-refractivity contribution is 5.73. The zero-order chi connectivity index (χ0) is 13.4. The summed E-state index contributed by atoms with van der Waals surface area (Å²) in [4.78, 5) is 13.4. The molecule has 0 saturated carbocycles. The van der Waals surface area contributed by atoms with Gasteiger partial charge in [-0.05, 0) is 17.7 Å². The van der Waals surface area contributed by atoms with Crippen molar-refractivity contribution in [3.8, 4) is 0 Å². The van der Waals surface area contributed by atoms with Crippen molar-refractivity contribution in [1.29, 1.82) is 0 Å². The third-order valence-electron chi connectivity index (χ3n) is 2.50. The molecule has 0 aliphatic carbocycles. The van der Waals surface area contributed by atoms with Crippen LogP contribution in [0.2, 0.25) is 0 Å². The van der Waals surface area contributed by atoms with Crippen LogP contribution in [0, 0.1) is 0 Å². The predicted octanol–water partition coefficient (Wildman–Crippen LogP) is 1.20. The molecule has 5 nitrogen and oxygen atoms in total. The van der Waals surface area contributed by atoms with Crippen LogP contribution < -0.4 is 15.5 Å². The summed E-state index contributed by atoms with van der Waals surface area (Å²) in [5, 5.41) is 5.49. The monoisotopic (exact) mass is 251 g/mol. The van der Waals surface area contributed by atoms with Crippen molar-refractivity contribution in [2.45, 2.75) is 6.54 Å². The first-order valence-corrected chi connectivity index (χ1v) is 5.90. The van der Waals surface area contributed by atoms with Crippen LogP contribution in [0.15, 0.2) is 24.3 Å². The van der Waals surface area contributed by atoms with Crippen LogP contribution in [0.1, 0.15) is 5.56 Å². The number of ether oxygens (including phenoxy) is 1. The minimum absolute atomic E-state index is 0.177. The molecule has 0 unspecified atom stereocenters. The summed E-state index contributed by atoms with van der Waals surface area (Å²) in [5.74, 6) is 0. The Morgan fingerprint density at radius 1 is 1.22 bits per heavy atom. The molecule has 2 amide bonds. The average Bonchev–Trinajstić information content (AvgIpc) is 2.37. The molecule has 1 aromatic rings. The summed E-state index contributed by atoms with van der Waals surface area (Å²) < 4.78 is 4.84. The molecule has 0 aliphatic heterocycles. The fraction of sp³-hybridized carbons (Fsp3) is 0.462. The van der Waals surface area contributed by atoms with E-state index < -0.39 is 0 Å². The molecule has 5 heteroatoms. The molecule has 0 aliphatic rings. The van der Waals surface area contributed by atoms with E-state index in [-0.39, 0.29) is 6.03 Å². The molecule has 0 aromatic heterocycles. The van der Waals surface area contributed by atoms with Crippen molar-refractivity contribution < 1.29 is 9.53 Å². The number of carbonyl (C=O) groups is 1. The van der Waals surface area contributed by atoms with E-state index in [2.05, 4.69) is 10.6 Å². The van der Waals surface area contributed by atoms with Gasteiger partial charge in [0.05, 0.1) is 6.61 Å². The highest BCUT2D eigenvalue weighted by Crippen LogP contribution is 2.11. The van der Waals surface area contributed by atoms with E-state index in [0.29, 0.717) is 19.7 Å². The van der Waals surface area contributed by atoms with E-state index in [1.807, 2.05) is 43.3 Å². The van der Waals surface area contributed by atoms with Gasteiger partial charge in [0.15, 0.2) is 0 Å². The van der Waals surface area contributed by atoms with E-state index in [0.717, 1.165) is 11.3 Å². The number of anilines is 1. The van der Waals surface area contributed by atoms with Crippen LogP contribution in [0.25, 0.3) is 0 Å². The maximum Gasteiger partial charge on any atom is 0.315 e. The molecule has 0 spiro atoms. The summed E-state index contributed by atoms with van der Waals surface area (Å²) >= 11 is 0. The quantitative estimate of drug-likeness (QED) is 0.747. The SMILES string of the molecule is COCCNC(=O)NCc1ccc(N(C)C)cc1. The van der Waals surface area contributed by atoms with Crippen LogP contribution in [-0.2, 0) is 11.3 Å². The molecule has 0 saturated heterocycles. The van der Waals surface area contributed by atoms with Gasteiger partial charge in [-0.15, -0.1) is 0 Å². The standard InChI is InChI=1S/C13H21N3O2/c1-16(2)12-6-4-11(5-7-12)10-15-13(17)14-8-9-18-3/h4-7H,8-10H2,1-3H3,(H2,14,15,17). The van der Waals surface area contributed by atoms with Gasteiger partial charge < -0.3 is 20.3 Å². The highest BCUT2D eigenvalue weighted by Gasteiger charge is 2.00. The normalized spacial score (nSPS) is 9.94. The topological polar surface area (TPSA) is 53.6 Å². The van der Waals surface area contributed by atoms with Crippen LogP contribution in [0.5, 0.6) is 0 Å². The summed E-state index contributed by atoms with van der Waals surface area (Å²) in [6.07, 6.45) is 0. The molecule has 1 rings (SSSR count). The Morgan fingerprint density at radius 2 is 1.89 bits per heavy atom. The Morgan fingerprint density at radius 3 is 2.44 bits per heavy atom. The Kier molecular flexibility index (Phi) is 6.00. The molecule has 0 bridgehead atoms. The van der Waals surface area contributed by atoms with Crippen molar-refractivity contribution in [2.24, 2.45) is 0 Å². The first-order chi connectivity index (χ1) is 8.63. The van der Waals surface area contributed by atoms with Gasteiger partial charge in [-0.1, -0.05) is 12.1 Å². The molecular formula is C13H21N3O2. The van der Waals surface area contributed by atoms with Gasteiger partial charge in [0.1, 0.15) is 0 Å². The summed E-state index contributed by atoms with van der Waals surface area (Å²) in [7, 11) is 5.60. The lowest BCUT2D eigenvalue weighted by molar-refractivity contribution is 0.196. The summed E-state index contributed by atoms with van der Waals surface area (Å²) in [6.45, 7) is 1.55. The number of rotatable bonds is 6. The van der Waals surface area contributed by atoms with Gasteiger partial charge in [-0.25, -0.2) is 4.79 Å². The van der Waals surface area contributed by atoms with Gasteiger partial charge in [-0.3, -0.25) is 0 Å². The van der Waals surface area contributed by atoms with E-state index in [1.54, 1.807) is 7.11 Å². The number of carbonyl (C=O) groups excluding carboxylic acids is 1. The predicted molar refractivity (Wildman–Crippen MR) is 72.9 cm³/mol. The molecule has 18 heavy (non-hydrogen) atoms. The van der Waals surface area contributed by atoms with Crippen molar-refractivity contribution in [2.75, 3.05) is 39.3 Å². The first-order valence-electron chi connectivity index (χ1n) is 5.90. The van der Waals surface area contributed by atoms with Crippen LogP contribution in [0.3, 0.4) is 0 Å². The van der Waals surface area contributed by atoms with Gasteiger partial charge >= 0.3 is 6.03 Å². The Balaban J connectivity index is 2.32. The van der Waals surface area contributed by atoms with Gasteiger partial charge in [-0.2, -0.15) is 0 Å². The number of methoxy groups -OCH3 is 1. The Hall–Kier alpha value is -1.75. The molecule has 100 valence electrons. The van der Waals surface area contributed by atoms with Crippen molar-refractivity contribution >= 4 is 11.7 Å². The molecular weight excluding hydrogens is 230 g/mol. The van der Waals surface area contributed by atoms with E-state index in [1.165, 1.54) is 0 Å². The Bertz CT molecular complexity index is 363. The third-order valence-corrected chi connectivity index (χ3v) is 2.50. The van der Waals surface area contributed by atoms with Crippen molar-refractivity contribution in [3.63, 3.8) is 0 Å². The molecule has 0 heterocycles. The number of hydrogen-bond acceptors (Lipinski definition) is 3. The number of hydrogen-bond donors (Lipinski definition) is 2. The van der Waals surface area contributed by atoms with Crippen molar-refractivity contribution in [1.82, 2.24) is 10.6 Å². The largest absolute Gasteiger partial charge is 0.383 e. The van der Waals surface area contributed by atoms with Crippen LogP contribution in [0.4, 0.5) is 10.5 Å². The number of amides is 2. The van der Waals surface area contributed by atoms with Crippen LogP contribution in [-0.4, -0.2) is 40.4 Å². The van der Waals surface area contributed by atoms with Crippen LogP contribution >= 0.6 is 0 Å². The van der Waals surface area contributed by atoms with Crippen molar-refractivity contribution in [3.05, 3.63) is 29.8 Å². The minimum atomic E-state index is -0.177. The lowest BCUT2D eigenvalue weighted by atomic mass is 10.2. The van der Waals surface area contributed by atoms with Gasteiger partial charge in [0, 0.05) is 40.0 Å². The number of nitrogens with zero attached hydrogens (tertiary/aromatic N) is 1. The fourth-order valence-corrected chi connectivity index (χ4v) is 1.42. The first kappa shape index (κ1) is 14.3. The number of benzene rings is 1. The second-order valence-electron chi connectivity index (χ2n) is 4.16. The summed E-state index contributed by atoms with van der Waals surface area (Å²) in [5.41, 5.74) is 2.21. The third kappa shape index (κ3) is 5.05. The average molecular weight is 251 g/mol. The second kappa shape index (κ2) is 7.55. The maximum atomic E-state index is 11.4. The molecule has 2 N–H and O–H groups in total. The molecule has 0 radical (unpaired) electrons. The molecule has 0 atom stereocenters. The Labute approximate surface area is 108 Å². The molecule has 0 fully saturated rings. The summed E-state index contributed by atoms with van der Waals surface area (Å²) in [6, 6.07) is 7.89. The molecule has 1 aromatic carbocycles. The van der Waals surface area contributed by atoms with E-state index in [4.69, 9.17) is 4.74 Å². The number of nitrogens with one attached hydrogen (secondary N) is 2. The maximum absolute atomic E-state index is 11.4. The fourth-order valence-electron chi connectivity index (χ4n) is 1.42. The number of urea groups is 1. The lowest BCUT2D eigenvalue weighted by Crippen LogP contribution is -2.36. The van der Waals surface area contributed by atoms with E-state index in [9.17, 15) is 4.79 Å². The second-order valence-corrected chi connectivity index (χ2v) is 4.16. The van der Waals surface area contributed by atoms with Gasteiger partial charge in [0.25, 0.3) is 0 Å². The highest BCUT2D eigenvalue weighted by atomic mass is 16.5.